The van der Waals surface area contributed by atoms with Crippen molar-refractivity contribution in [1.82, 2.24) is 16.0 Å². The van der Waals surface area contributed by atoms with Crippen LogP contribution in [0.15, 0.2) is 0 Å². The van der Waals surface area contributed by atoms with Crippen molar-refractivity contribution in [3.05, 3.63) is 0 Å². The Balaban J connectivity index is 0.925. The van der Waals surface area contributed by atoms with Gasteiger partial charge in [-0.1, -0.05) is 0 Å². The van der Waals surface area contributed by atoms with Crippen LogP contribution >= 0.6 is 0 Å². The summed E-state index contributed by atoms with van der Waals surface area (Å²) in [5.74, 6) is -3.23. The lowest BCUT2D eigenvalue weighted by Crippen LogP contribution is -2.72. The zero-order valence-electron chi connectivity index (χ0n) is 80.8. The number of amides is 3. The molecular weight excluding hydrogens is 2040 g/mol. The Hall–Kier alpha value is -3.95. The van der Waals surface area contributed by atoms with Crippen LogP contribution in [0.5, 0.6) is 0 Å². The Morgan fingerprint density at radius 2 is 0.510 bits per heavy atom. The molecule has 12 aliphatic rings. The number of carbonyl (C=O) groups excluding carboxylic acids is 3. The highest BCUT2D eigenvalue weighted by atomic mass is 16.8. The van der Waals surface area contributed by atoms with Crippen molar-refractivity contribution < 1.29 is 302 Å². The third kappa shape index (κ3) is 27.2. The number of nitrogens with one attached hydrogen (secondary N) is 3. The zero-order valence-corrected chi connectivity index (χ0v) is 80.8. The van der Waals surface area contributed by atoms with Gasteiger partial charge >= 0.3 is 0 Å². The first kappa shape index (κ1) is 124. The number of nitrogens with two attached hydrogens (primary N) is 1. The second kappa shape index (κ2) is 53.8. The molecule has 0 saturated carbocycles. The molecule has 39 N–H and O–H groups in total. The van der Waals surface area contributed by atoms with Gasteiger partial charge < -0.3 is 309 Å². The van der Waals surface area contributed by atoms with E-state index >= 15 is 0 Å². The lowest BCUT2D eigenvalue weighted by Gasteiger charge is -2.52. The Bertz CT molecular complexity index is 4080. The Morgan fingerprint density at radius 1 is 0.248 bits per heavy atom. The molecule has 12 heterocycles. The summed E-state index contributed by atoms with van der Waals surface area (Å²) < 4.78 is 147. The quantitative estimate of drug-likeness (QED) is 0.0271. The Labute approximate surface area is 845 Å². The highest BCUT2D eigenvalue weighted by Gasteiger charge is 2.65. The molecule has 0 aromatic carbocycles. The van der Waals surface area contributed by atoms with Crippen LogP contribution in [0, 0.1) is 0 Å². The summed E-state index contributed by atoms with van der Waals surface area (Å²) in [6.45, 7) is -4.96. The molecule has 0 aliphatic carbocycles. The van der Waals surface area contributed by atoms with E-state index in [1.54, 1.807) is 0 Å². The topological polar surface area (TPSA) is 1020 Å². The molecule has 0 bridgehead atoms. The monoisotopic (exact) mass is 2180 g/mol. The van der Waals surface area contributed by atoms with Gasteiger partial charge in [0.25, 0.3) is 0 Å². The standard InChI is InChI=1S/C84H144N4O61/c1-18-38(102)49(113)57(121)76(127-18)143-66-36(87-23(6)99)74(136-32(15-96)64(66)141-82-71(55(119)45(109)28(11-92)132-82)148-78-59(123)51(115)40(104)20(3)129-78)146-69-53(117)43(107)27(10-91)131-81(69)126-17-34-47(111)68(61(125)80(138-34)140-63-31(14-95)135-73(35(48(63)112)86-22(5)98)139-62(26(101)9-90)42(106)25(85)8-89)145-84-70(54(118)44(108)30(13-94)134-84)147-75-37(88-24(7)100)67(144-77-58(122)50(114)39(103)19(2)128-77)65(33(16-97)137-75)142-83-72(56(120)46(110)29(12-93)133-83)149-79-60(124)52(116)41(105)21(4)130-79/h18-21,25-84,89-97,101-125H,8-17,85H2,1-7H3,(H,86,98)(H,87,99)(H,88,100)/t18-,19-,20-,21-,25-,26+,27+,28+,29+,30+,31+,32+,33+,34+,35+,36+,37+,38+,39+,40+,41+,42+,43+,44+,45-,46-,47+,48+,49+,50+,51+,52+,53-,54-,55-,56-,57-,58-,59-,60-,61-,62+,63+,64+,65+,66+,67+,68-,69-,70-,71+,72+,73-,74-,75-,76-,77-,78-,79-,80-,81-,82-,83-,84+/m0/s1. The third-order valence-electron chi connectivity index (χ3n) is 28.0. The minimum absolute atomic E-state index is 0.857. The number of aliphatic hydroxyl groups excluding tert-OH is 34. The number of hydrogen-bond acceptors (Lipinski definition) is 62. The van der Waals surface area contributed by atoms with Gasteiger partial charge in [-0.25, -0.2) is 0 Å². The summed E-state index contributed by atoms with van der Waals surface area (Å²) in [6, 6.07) is -8.10. The molecule has 12 fully saturated rings. The predicted octanol–water partition coefficient (Wildman–Crippen LogP) is -25.2. The van der Waals surface area contributed by atoms with Crippen LogP contribution < -0.4 is 21.7 Å². The van der Waals surface area contributed by atoms with E-state index in [2.05, 4.69) is 16.0 Å². The Morgan fingerprint density at radius 3 is 0.832 bits per heavy atom. The summed E-state index contributed by atoms with van der Waals surface area (Å²) >= 11 is 0. The van der Waals surface area contributed by atoms with Crippen molar-refractivity contribution >= 4 is 17.7 Å². The minimum Gasteiger partial charge on any atom is -0.395 e. The van der Waals surface area contributed by atoms with Gasteiger partial charge in [-0.3, -0.25) is 14.4 Å². The zero-order chi connectivity index (χ0) is 110. The van der Waals surface area contributed by atoms with Gasteiger partial charge in [-0.05, 0) is 27.7 Å². The van der Waals surface area contributed by atoms with Gasteiger partial charge in [-0.15, -0.1) is 0 Å². The molecule has 12 aliphatic heterocycles. The van der Waals surface area contributed by atoms with E-state index < -0.39 is 476 Å². The predicted molar refractivity (Wildman–Crippen MR) is 461 cm³/mol. The maximum Gasteiger partial charge on any atom is 0.217 e. The molecule has 0 aromatic heterocycles. The summed E-state index contributed by atoms with van der Waals surface area (Å²) in [5, 5.41) is 393. The number of aliphatic hydroxyl groups is 34. The lowest BCUT2D eigenvalue weighted by atomic mass is 9.93. The highest BCUT2D eigenvalue weighted by molar-refractivity contribution is 5.74. The van der Waals surface area contributed by atoms with Crippen molar-refractivity contribution in [1.29, 1.82) is 0 Å². The molecule has 0 radical (unpaired) electrons. The van der Waals surface area contributed by atoms with Crippen LogP contribution in [0.1, 0.15) is 48.5 Å². The van der Waals surface area contributed by atoms with Crippen molar-refractivity contribution in [2.24, 2.45) is 5.73 Å². The molecule has 65 nitrogen and oxygen atoms in total. The summed E-state index contributed by atoms with van der Waals surface area (Å²) in [6.07, 6.45) is -131. The van der Waals surface area contributed by atoms with Gasteiger partial charge in [-0.2, -0.15) is 0 Å². The van der Waals surface area contributed by atoms with Crippen LogP contribution in [0.3, 0.4) is 0 Å². The number of carbonyl (C=O) groups is 3. The lowest BCUT2D eigenvalue weighted by molar-refractivity contribution is -0.408. The number of rotatable bonds is 40. The van der Waals surface area contributed by atoms with Gasteiger partial charge in [0.2, 0.25) is 17.7 Å². The summed E-state index contributed by atoms with van der Waals surface area (Å²) in [7, 11) is 0. The fraction of sp³-hybridized carbons (Fsp3) is 0.964. The van der Waals surface area contributed by atoms with Gasteiger partial charge in [0.15, 0.2) is 75.5 Å². The molecule has 64 atom stereocenters. The fourth-order valence-corrected chi connectivity index (χ4v) is 19.3. The first-order chi connectivity index (χ1) is 70.4. The van der Waals surface area contributed by atoms with E-state index in [1.165, 1.54) is 27.7 Å². The minimum atomic E-state index is -2.76. The Kier molecular flexibility index (Phi) is 44.6. The van der Waals surface area contributed by atoms with Crippen molar-refractivity contribution in [3.63, 3.8) is 0 Å². The van der Waals surface area contributed by atoms with Crippen LogP contribution in [0.2, 0.25) is 0 Å². The van der Waals surface area contributed by atoms with Crippen LogP contribution in [0.4, 0.5) is 0 Å². The van der Waals surface area contributed by atoms with E-state index in [-0.39, 0.29) is 0 Å². The number of ether oxygens (including phenoxy) is 24. The van der Waals surface area contributed by atoms with Crippen LogP contribution in [0.25, 0.3) is 0 Å². The van der Waals surface area contributed by atoms with Crippen molar-refractivity contribution in [2.75, 3.05) is 66.1 Å². The molecule has 149 heavy (non-hydrogen) atoms. The molecule has 12 rings (SSSR count). The molecule has 0 unspecified atom stereocenters. The van der Waals surface area contributed by atoms with E-state index in [0.29, 0.717) is 0 Å². The first-order valence-corrected chi connectivity index (χ1v) is 48.1. The van der Waals surface area contributed by atoms with E-state index in [4.69, 9.17) is 119 Å². The molecule has 866 valence electrons. The van der Waals surface area contributed by atoms with Crippen LogP contribution in [-0.2, 0) is 128 Å². The molecule has 3 amide bonds. The average Bonchev–Trinajstić information content (AvgIpc) is 0.757. The van der Waals surface area contributed by atoms with Gasteiger partial charge in [0.1, 0.15) is 287 Å². The third-order valence-corrected chi connectivity index (χ3v) is 28.0. The SMILES string of the molecule is CC(=O)N[C@H]1[C@H](O[C@@H]([C@H](O)[C@@H](N)CO)[C@H](O)CO)O[C@H](CO)[C@@H](O[C@@H]2O[C@H](CO[C@H]3O[C@H](CO)[C@@H](O)[C@H](O)[C@@H]3O[C@@H]3O[C@H](CO)[C@@H](O[C@@H]4O[C@H](CO)[C@H](O)[C@H](O)[C@H]4O[C@@H]4O[C@@H](C)[C@@H](O)[C@@H](O)[C@@H]4O)[C@H](O[C@@H]4O[C@@H](C)[C@@H](O)[C@@H](O)[C@@H]4O)[C@H]3NC(C)=O)[C@@H](O)[C@H](O[C@H]3O[C@H](CO)[C@@H](O)[C@H](O)[C@@H]3O[C@@H]3O[C@H](CO)[C@@H](O[C@@H]4O[C@H](CO)[C@H](O)[C@H](O)[C@H]4O[C@@H]4O[C@@H](C)[C@@H](O)[C@@H](O)[C@@H]4O)[C@H](O[C@@H]4O[C@@H](C)[C@@H](O)[C@@H](O)[C@@H]4O)[C@H]3NC(C)=O)[C@@H]2O)[C@@H]1O. The second-order valence-electron chi connectivity index (χ2n) is 38.5. The number of hydrogen-bond donors (Lipinski definition) is 38. The summed E-state index contributed by atoms with van der Waals surface area (Å²) in [4.78, 5) is 40.9. The first-order valence-electron chi connectivity index (χ1n) is 48.1. The van der Waals surface area contributed by atoms with E-state index in [9.17, 15) is 188 Å². The van der Waals surface area contributed by atoms with E-state index in [1.807, 2.05) is 0 Å². The normalized spacial score (nSPS) is 50.1. The van der Waals surface area contributed by atoms with Crippen molar-refractivity contribution in [3.8, 4) is 0 Å². The smallest absolute Gasteiger partial charge is 0.217 e. The maximum atomic E-state index is 13.9. The molecule has 0 aromatic rings. The van der Waals surface area contributed by atoms with Crippen molar-refractivity contribution in [2.45, 2.75) is 441 Å². The molecule has 0 spiro atoms. The molecule has 65 heteroatoms. The molecular formula is C84H144N4O61. The van der Waals surface area contributed by atoms with Gasteiger partial charge in [0.05, 0.1) is 96.5 Å². The average molecular weight is 2190 g/mol. The largest absolute Gasteiger partial charge is 0.395 e. The maximum absolute atomic E-state index is 13.9. The second-order valence-corrected chi connectivity index (χ2v) is 38.5. The summed E-state index contributed by atoms with van der Waals surface area (Å²) in [5.41, 5.74) is 5.90. The highest BCUT2D eigenvalue weighted by Crippen LogP contribution is 2.44. The van der Waals surface area contributed by atoms with E-state index in [0.717, 1.165) is 20.8 Å². The molecule has 12 saturated heterocycles. The van der Waals surface area contributed by atoms with Crippen LogP contribution in [-0.4, -0.2) is 650 Å². The van der Waals surface area contributed by atoms with Gasteiger partial charge in [0, 0.05) is 20.8 Å². The fourth-order valence-electron chi connectivity index (χ4n) is 19.3.